The van der Waals surface area contributed by atoms with E-state index >= 15 is 0 Å². The second-order valence-electron chi connectivity index (χ2n) is 1.36. The molecule has 0 spiro atoms. The molecule has 0 aromatic rings. The quantitative estimate of drug-likeness (QED) is 0.468. The van der Waals surface area contributed by atoms with E-state index < -0.39 is 0 Å². The van der Waals surface area contributed by atoms with E-state index in [1.165, 1.54) is 0 Å². The summed E-state index contributed by atoms with van der Waals surface area (Å²) in [7, 11) is 0. The van der Waals surface area contributed by atoms with Gasteiger partial charge in [-0.1, -0.05) is 0 Å². The molecule has 0 saturated heterocycles. The minimum absolute atomic E-state index is 1.05. The van der Waals surface area contributed by atoms with Crippen LogP contribution in [0.5, 0.6) is 0 Å². The monoisotopic (exact) mass is 94.1 g/mol. The van der Waals surface area contributed by atoms with Crippen LogP contribution in [0.2, 0.25) is 0 Å². The first-order valence-electron chi connectivity index (χ1n) is 2.10. The van der Waals surface area contributed by atoms with Crippen LogP contribution in [0.4, 0.5) is 0 Å². The molecule has 0 aromatic heterocycles. The minimum Gasteiger partial charge on any atom is -0.356 e. The Labute approximate surface area is 42.3 Å². The molecule has 0 atom stereocenters. The number of nitrogens with one attached hydrogen (secondary N) is 1. The van der Waals surface area contributed by atoms with Crippen molar-refractivity contribution in [3.8, 4) is 0 Å². The molecule has 0 saturated carbocycles. The van der Waals surface area contributed by atoms with Gasteiger partial charge in [0.1, 0.15) is 0 Å². The third-order valence-corrected chi connectivity index (χ3v) is 0.697. The molecule has 2 heteroatoms. The molecule has 2 nitrogen and oxygen atoms in total. The standard InChI is InChI=1S/C5H6N2/c1-5-4-6-2-3-7-5/h3-4,7H,1H3. The lowest BCUT2D eigenvalue weighted by Crippen LogP contribution is -2.02. The van der Waals surface area contributed by atoms with E-state index in [1.54, 1.807) is 12.4 Å². The fourth-order valence-corrected chi connectivity index (χ4v) is 0.355. The molecule has 1 aliphatic heterocycles. The summed E-state index contributed by atoms with van der Waals surface area (Å²) in [4.78, 5) is 3.73. The lowest BCUT2D eigenvalue weighted by molar-refractivity contribution is 1.04. The predicted molar refractivity (Wildman–Crippen MR) is 28.9 cm³/mol. The predicted octanol–water partition coefficient (Wildman–Crippen LogP) is 0.634. The third-order valence-electron chi connectivity index (χ3n) is 0.697. The third kappa shape index (κ3) is 0.913. The normalized spacial score (nSPS) is 15.9. The zero-order chi connectivity index (χ0) is 5.11. The Bertz CT molecular complexity index is 149. The molecular formula is C5H6N2. The molecule has 0 bridgehead atoms. The van der Waals surface area contributed by atoms with Crippen LogP contribution >= 0.6 is 0 Å². The molecule has 1 rings (SSSR count). The molecule has 7 heavy (non-hydrogen) atoms. The lowest BCUT2D eigenvalue weighted by atomic mass is 10.5. The summed E-state index contributed by atoms with van der Waals surface area (Å²) >= 11 is 0. The molecule has 0 aliphatic carbocycles. The number of allylic oxidation sites excluding steroid dienone is 1. The van der Waals surface area contributed by atoms with Gasteiger partial charge < -0.3 is 5.32 Å². The molecule has 0 unspecified atom stereocenters. The lowest BCUT2D eigenvalue weighted by Gasteiger charge is -1.96. The molecule has 1 heterocycles. The Morgan fingerprint density at radius 3 is 3.00 bits per heavy atom. The fourth-order valence-electron chi connectivity index (χ4n) is 0.355. The van der Waals surface area contributed by atoms with Gasteiger partial charge in [-0.2, -0.15) is 0 Å². The van der Waals surface area contributed by atoms with Gasteiger partial charge in [0.15, 0.2) is 0 Å². The van der Waals surface area contributed by atoms with Gasteiger partial charge in [0.05, 0.1) is 12.4 Å². The summed E-state index contributed by atoms with van der Waals surface area (Å²) in [6.07, 6.45) is 3.40. The summed E-state index contributed by atoms with van der Waals surface area (Å²) in [6.45, 7) is 1.95. The highest BCUT2D eigenvalue weighted by molar-refractivity contribution is 5.54. The van der Waals surface area contributed by atoms with Crippen LogP contribution in [0.1, 0.15) is 6.92 Å². The van der Waals surface area contributed by atoms with Crippen molar-refractivity contribution in [1.82, 2.24) is 5.32 Å². The number of rotatable bonds is 0. The highest BCUT2D eigenvalue weighted by Crippen LogP contribution is 1.87. The summed E-state index contributed by atoms with van der Waals surface area (Å²) < 4.78 is 0. The van der Waals surface area contributed by atoms with Crippen LogP contribution in [-0.4, -0.2) is 5.87 Å². The first-order valence-corrected chi connectivity index (χ1v) is 2.10. The van der Waals surface area contributed by atoms with Crippen molar-refractivity contribution in [2.75, 3.05) is 0 Å². The Morgan fingerprint density at radius 1 is 1.86 bits per heavy atom. The Kier molecular flexibility index (Phi) is 0.966. The maximum absolute atomic E-state index is 3.73. The Hall–Kier alpha value is -1.01. The van der Waals surface area contributed by atoms with Gasteiger partial charge in [-0.05, 0) is 6.92 Å². The van der Waals surface area contributed by atoms with E-state index in [-0.39, 0.29) is 0 Å². The van der Waals surface area contributed by atoms with E-state index in [0.717, 1.165) is 5.70 Å². The summed E-state index contributed by atoms with van der Waals surface area (Å²) in [5.74, 6) is 2.63. The summed E-state index contributed by atoms with van der Waals surface area (Å²) in [5.41, 5.74) is 1.05. The highest BCUT2D eigenvalue weighted by Gasteiger charge is 1.81. The zero-order valence-corrected chi connectivity index (χ0v) is 4.10. The van der Waals surface area contributed by atoms with Crippen molar-refractivity contribution < 1.29 is 0 Å². The molecule has 36 valence electrons. The average molecular weight is 94.1 g/mol. The van der Waals surface area contributed by atoms with Gasteiger partial charge in [0.25, 0.3) is 0 Å². The smallest absolute Gasteiger partial charge is 0.0638 e. The minimum atomic E-state index is 1.05. The maximum atomic E-state index is 3.73. The van der Waals surface area contributed by atoms with Crippen molar-refractivity contribution in [2.45, 2.75) is 6.92 Å². The van der Waals surface area contributed by atoms with Crippen LogP contribution in [-0.2, 0) is 0 Å². The van der Waals surface area contributed by atoms with Crippen LogP contribution in [0.25, 0.3) is 0 Å². The zero-order valence-electron chi connectivity index (χ0n) is 4.10. The number of hydrogen-bond acceptors (Lipinski definition) is 2. The molecular weight excluding hydrogens is 88.1 g/mol. The Balaban J connectivity index is 2.77. The van der Waals surface area contributed by atoms with E-state index in [1.807, 2.05) is 6.92 Å². The fraction of sp³-hybridized carbons (Fsp3) is 0.200. The van der Waals surface area contributed by atoms with Crippen molar-refractivity contribution in [1.29, 1.82) is 0 Å². The van der Waals surface area contributed by atoms with Crippen molar-refractivity contribution in [3.63, 3.8) is 0 Å². The number of nitrogens with zero attached hydrogens (tertiary/aromatic N) is 1. The number of hydrogen-bond donors (Lipinski definition) is 1. The van der Waals surface area contributed by atoms with Crippen molar-refractivity contribution in [3.05, 3.63) is 18.1 Å². The SMILES string of the molecule is CC1=CN=C=CN1. The van der Waals surface area contributed by atoms with Crippen LogP contribution in [0, 0.1) is 0 Å². The van der Waals surface area contributed by atoms with Crippen LogP contribution in [0.15, 0.2) is 23.1 Å². The molecule has 0 amide bonds. The molecule has 0 aromatic carbocycles. The van der Waals surface area contributed by atoms with Gasteiger partial charge in [-0.25, -0.2) is 4.99 Å². The van der Waals surface area contributed by atoms with E-state index in [0.29, 0.717) is 0 Å². The second kappa shape index (κ2) is 1.63. The van der Waals surface area contributed by atoms with Gasteiger partial charge >= 0.3 is 0 Å². The van der Waals surface area contributed by atoms with Crippen LogP contribution < -0.4 is 5.32 Å². The second-order valence-corrected chi connectivity index (χ2v) is 1.36. The van der Waals surface area contributed by atoms with Gasteiger partial charge in [0.2, 0.25) is 0 Å². The molecule has 0 radical (unpaired) electrons. The van der Waals surface area contributed by atoms with Crippen molar-refractivity contribution in [2.24, 2.45) is 4.99 Å². The van der Waals surface area contributed by atoms with Gasteiger partial charge in [-0.15, -0.1) is 0 Å². The van der Waals surface area contributed by atoms with Crippen molar-refractivity contribution >= 4 is 5.87 Å². The van der Waals surface area contributed by atoms with E-state index in [9.17, 15) is 0 Å². The van der Waals surface area contributed by atoms with E-state index in [4.69, 9.17) is 0 Å². The first kappa shape index (κ1) is 4.16. The summed E-state index contributed by atoms with van der Waals surface area (Å²) in [6, 6.07) is 0. The number of aliphatic imine (C=N–C) groups is 1. The van der Waals surface area contributed by atoms with E-state index in [2.05, 4.69) is 16.2 Å². The highest BCUT2D eigenvalue weighted by atomic mass is 14.9. The van der Waals surface area contributed by atoms with Gasteiger partial charge in [-0.3, -0.25) is 0 Å². The Morgan fingerprint density at radius 2 is 2.71 bits per heavy atom. The molecule has 1 N–H and O–H groups in total. The molecule has 1 aliphatic rings. The van der Waals surface area contributed by atoms with Gasteiger partial charge in [0, 0.05) is 11.6 Å². The molecule has 0 fully saturated rings. The topological polar surface area (TPSA) is 24.4 Å². The average Bonchev–Trinajstić information content (AvgIpc) is 1.69. The first-order chi connectivity index (χ1) is 3.39. The summed E-state index contributed by atoms with van der Waals surface area (Å²) in [5, 5.41) is 2.91. The maximum Gasteiger partial charge on any atom is 0.0638 e. The van der Waals surface area contributed by atoms with Crippen LogP contribution in [0.3, 0.4) is 0 Å². The largest absolute Gasteiger partial charge is 0.356 e.